The Hall–Kier alpha value is -2.28. The number of rotatable bonds is 4. The van der Waals surface area contributed by atoms with Crippen LogP contribution in [0.25, 0.3) is 0 Å². The Labute approximate surface area is 152 Å². The van der Waals surface area contributed by atoms with Crippen molar-refractivity contribution >= 4 is 5.69 Å². The summed E-state index contributed by atoms with van der Waals surface area (Å²) in [5.41, 5.74) is 6.84. The molecule has 0 unspecified atom stereocenters. The van der Waals surface area contributed by atoms with E-state index >= 15 is 0 Å². The van der Waals surface area contributed by atoms with Crippen molar-refractivity contribution in [3.8, 4) is 0 Å². The van der Waals surface area contributed by atoms with Crippen molar-refractivity contribution in [3.63, 3.8) is 0 Å². The third kappa shape index (κ3) is 3.42. The first-order valence-corrected chi connectivity index (χ1v) is 9.12. The van der Waals surface area contributed by atoms with E-state index in [4.69, 9.17) is 0 Å². The Kier molecular flexibility index (Phi) is 4.60. The van der Waals surface area contributed by atoms with Crippen molar-refractivity contribution < 1.29 is 0 Å². The van der Waals surface area contributed by atoms with Gasteiger partial charge in [-0.3, -0.25) is 0 Å². The summed E-state index contributed by atoms with van der Waals surface area (Å²) in [5, 5.41) is 3.57. The van der Waals surface area contributed by atoms with Crippen LogP contribution in [0.4, 0.5) is 5.69 Å². The first-order chi connectivity index (χ1) is 11.8. The highest BCUT2D eigenvalue weighted by atomic mass is 14.9. The maximum Gasteiger partial charge on any atom is 0.0424 e. The van der Waals surface area contributed by atoms with E-state index in [1.807, 2.05) is 0 Å². The van der Waals surface area contributed by atoms with Gasteiger partial charge in [-0.05, 0) is 47.6 Å². The maximum absolute atomic E-state index is 3.57. The topological polar surface area (TPSA) is 12.0 Å². The minimum atomic E-state index is 0.0342. The lowest BCUT2D eigenvalue weighted by molar-refractivity contribution is 0.530. The summed E-state index contributed by atoms with van der Waals surface area (Å²) in [4.78, 5) is 0. The van der Waals surface area contributed by atoms with Gasteiger partial charge in [-0.2, -0.15) is 0 Å². The van der Waals surface area contributed by atoms with E-state index in [-0.39, 0.29) is 10.8 Å². The van der Waals surface area contributed by atoms with Crippen LogP contribution in [0, 0.1) is 6.92 Å². The Balaban J connectivity index is 1.74. The van der Waals surface area contributed by atoms with E-state index in [0.29, 0.717) is 0 Å². The van der Waals surface area contributed by atoms with Gasteiger partial charge in [0.2, 0.25) is 0 Å². The second-order valence-electron chi connectivity index (χ2n) is 8.21. The van der Waals surface area contributed by atoms with Gasteiger partial charge in [0, 0.05) is 16.8 Å². The molecule has 0 aromatic heterocycles. The molecule has 0 amide bonds. The number of aryl methyl sites for hydroxylation is 1. The molecule has 0 spiro atoms. The standard InChI is InChI=1S/C24H29N/c1-18-12-6-7-13-19(18)23(2,3)17-11-10-16-22-24(4,5)20-14-8-9-15-21(20)25-22/h6-16,25H,17H2,1-5H3/b11-10+,22-16+. The zero-order chi connectivity index (χ0) is 18.1. The van der Waals surface area contributed by atoms with Gasteiger partial charge in [-0.15, -0.1) is 0 Å². The summed E-state index contributed by atoms with van der Waals surface area (Å²) in [6.45, 7) is 11.4. The van der Waals surface area contributed by atoms with Crippen LogP contribution >= 0.6 is 0 Å². The van der Waals surface area contributed by atoms with Crippen molar-refractivity contribution in [3.05, 3.63) is 89.1 Å². The molecule has 0 atom stereocenters. The molecule has 1 nitrogen and oxygen atoms in total. The molecule has 0 radical (unpaired) electrons. The van der Waals surface area contributed by atoms with Crippen molar-refractivity contribution in [2.45, 2.75) is 51.9 Å². The summed E-state index contributed by atoms with van der Waals surface area (Å²) in [6.07, 6.45) is 7.75. The van der Waals surface area contributed by atoms with Crippen LogP contribution in [-0.2, 0) is 10.8 Å². The fourth-order valence-electron chi connectivity index (χ4n) is 3.80. The predicted octanol–water partition coefficient (Wildman–Crippen LogP) is 6.51. The summed E-state index contributed by atoms with van der Waals surface area (Å²) < 4.78 is 0. The number of fused-ring (bicyclic) bond motifs is 1. The quantitative estimate of drug-likeness (QED) is 0.673. The molecular weight excluding hydrogens is 302 g/mol. The van der Waals surface area contributed by atoms with Gasteiger partial charge in [-0.25, -0.2) is 0 Å². The number of hydrogen-bond acceptors (Lipinski definition) is 1. The highest BCUT2D eigenvalue weighted by Crippen LogP contribution is 2.42. The van der Waals surface area contributed by atoms with E-state index in [1.54, 1.807) is 0 Å². The minimum Gasteiger partial charge on any atom is -0.358 e. The van der Waals surface area contributed by atoms with E-state index in [9.17, 15) is 0 Å². The van der Waals surface area contributed by atoms with Crippen molar-refractivity contribution in [1.82, 2.24) is 0 Å². The van der Waals surface area contributed by atoms with E-state index < -0.39 is 0 Å². The third-order valence-corrected chi connectivity index (χ3v) is 5.44. The fourth-order valence-corrected chi connectivity index (χ4v) is 3.80. The molecule has 3 rings (SSSR count). The average molecular weight is 332 g/mol. The first kappa shape index (κ1) is 17.5. The second kappa shape index (κ2) is 6.55. The fraction of sp³-hybridized carbons (Fsp3) is 0.333. The molecule has 2 aromatic carbocycles. The highest BCUT2D eigenvalue weighted by Gasteiger charge is 2.33. The third-order valence-electron chi connectivity index (χ3n) is 5.44. The van der Waals surface area contributed by atoms with Gasteiger partial charge in [-0.1, -0.05) is 82.3 Å². The van der Waals surface area contributed by atoms with Gasteiger partial charge in [0.05, 0.1) is 0 Å². The van der Waals surface area contributed by atoms with Crippen LogP contribution in [0.1, 0.15) is 50.8 Å². The minimum absolute atomic E-state index is 0.0342. The normalized spacial score (nSPS) is 17.7. The summed E-state index contributed by atoms with van der Waals surface area (Å²) >= 11 is 0. The Morgan fingerprint density at radius 1 is 1.00 bits per heavy atom. The molecule has 0 saturated carbocycles. The van der Waals surface area contributed by atoms with Crippen LogP contribution in [0.3, 0.4) is 0 Å². The molecule has 1 heterocycles. The number of nitrogens with one attached hydrogen (secondary N) is 1. The molecule has 25 heavy (non-hydrogen) atoms. The van der Waals surface area contributed by atoms with Crippen LogP contribution in [0.2, 0.25) is 0 Å². The summed E-state index contributed by atoms with van der Waals surface area (Å²) in [6, 6.07) is 17.3. The smallest absolute Gasteiger partial charge is 0.0424 e. The Bertz CT molecular complexity index is 821. The van der Waals surface area contributed by atoms with Crippen molar-refractivity contribution in [2.75, 3.05) is 5.32 Å². The summed E-state index contributed by atoms with van der Waals surface area (Å²) in [7, 11) is 0. The molecular formula is C24H29N. The van der Waals surface area contributed by atoms with Gasteiger partial charge in [0.1, 0.15) is 0 Å². The lowest BCUT2D eigenvalue weighted by Gasteiger charge is -2.25. The predicted molar refractivity (Wildman–Crippen MR) is 109 cm³/mol. The molecule has 1 N–H and O–H groups in total. The second-order valence-corrected chi connectivity index (χ2v) is 8.21. The largest absolute Gasteiger partial charge is 0.358 e. The Morgan fingerprint density at radius 3 is 2.40 bits per heavy atom. The lowest BCUT2D eigenvalue weighted by atomic mass is 9.79. The zero-order valence-corrected chi connectivity index (χ0v) is 16.1. The molecule has 130 valence electrons. The molecule has 0 aliphatic carbocycles. The number of hydrogen-bond donors (Lipinski definition) is 1. The van der Waals surface area contributed by atoms with Crippen LogP contribution < -0.4 is 5.32 Å². The van der Waals surface area contributed by atoms with Gasteiger partial charge >= 0.3 is 0 Å². The van der Waals surface area contributed by atoms with Crippen LogP contribution in [0.5, 0.6) is 0 Å². The lowest BCUT2D eigenvalue weighted by Crippen LogP contribution is -2.17. The number of anilines is 1. The zero-order valence-electron chi connectivity index (χ0n) is 16.1. The highest BCUT2D eigenvalue weighted by molar-refractivity contribution is 5.68. The van der Waals surface area contributed by atoms with Gasteiger partial charge in [0.15, 0.2) is 0 Å². The molecule has 0 fully saturated rings. The van der Waals surface area contributed by atoms with E-state index in [2.05, 4.69) is 107 Å². The SMILES string of the molecule is Cc1ccccc1C(C)(C)C/C=C/C=C1/Nc2ccccc2C1(C)C. The Morgan fingerprint density at radius 2 is 1.68 bits per heavy atom. The molecule has 2 aromatic rings. The number of allylic oxidation sites excluding steroid dienone is 4. The molecule has 1 aliphatic rings. The van der Waals surface area contributed by atoms with Crippen LogP contribution in [0.15, 0.2) is 72.5 Å². The van der Waals surface area contributed by atoms with Gasteiger partial charge in [0.25, 0.3) is 0 Å². The average Bonchev–Trinajstić information content (AvgIpc) is 2.83. The summed E-state index contributed by atoms with van der Waals surface area (Å²) in [5.74, 6) is 0. The van der Waals surface area contributed by atoms with Gasteiger partial charge < -0.3 is 5.32 Å². The van der Waals surface area contributed by atoms with Crippen molar-refractivity contribution in [1.29, 1.82) is 0 Å². The van der Waals surface area contributed by atoms with Crippen LogP contribution in [-0.4, -0.2) is 0 Å². The number of benzene rings is 2. The van der Waals surface area contributed by atoms with Crippen molar-refractivity contribution in [2.24, 2.45) is 0 Å². The number of para-hydroxylation sites is 1. The van der Waals surface area contributed by atoms with E-state index in [1.165, 1.54) is 28.1 Å². The monoisotopic (exact) mass is 331 g/mol. The van der Waals surface area contributed by atoms with E-state index in [0.717, 1.165) is 6.42 Å². The molecule has 1 heteroatoms. The molecule has 1 aliphatic heterocycles. The molecule has 0 bridgehead atoms. The first-order valence-electron chi connectivity index (χ1n) is 9.12. The maximum atomic E-state index is 3.57. The molecule has 0 saturated heterocycles.